The van der Waals surface area contributed by atoms with Crippen LogP contribution in [-0.4, -0.2) is 15.0 Å². The van der Waals surface area contributed by atoms with Gasteiger partial charge in [0.15, 0.2) is 5.82 Å². The van der Waals surface area contributed by atoms with E-state index in [4.69, 9.17) is 0 Å². The molecule has 3 rings (SSSR count). The van der Waals surface area contributed by atoms with Crippen molar-refractivity contribution in [3.63, 3.8) is 0 Å². The zero-order chi connectivity index (χ0) is 14.1. The van der Waals surface area contributed by atoms with Crippen molar-refractivity contribution in [2.24, 2.45) is 0 Å². The van der Waals surface area contributed by atoms with Gasteiger partial charge in [-0.1, -0.05) is 12.8 Å². The van der Waals surface area contributed by atoms with E-state index in [1.807, 2.05) is 12.1 Å². The van der Waals surface area contributed by atoms with E-state index < -0.39 is 0 Å². The van der Waals surface area contributed by atoms with Gasteiger partial charge in [0.1, 0.15) is 10.2 Å². The summed E-state index contributed by atoms with van der Waals surface area (Å²) in [4.78, 5) is 23.8. The fourth-order valence-electron chi connectivity index (χ4n) is 2.58. The van der Waals surface area contributed by atoms with Gasteiger partial charge in [-0.2, -0.15) is 0 Å². The third kappa shape index (κ3) is 2.72. The first-order valence-corrected chi connectivity index (χ1v) is 8.15. The third-order valence-electron chi connectivity index (χ3n) is 3.60. The van der Waals surface area contributed by atoms with Crippen LogP contribution in [0.1, 0.15) is 37.3 Å². The minimum absolute atomic E-state index is 0.137. The fraction of sp³-hybridized carbons (Fsp3) is 0.357. The second-order valence-corrected chi connectivity index (χ2v) is 6.67. The van der Waals surface area contributed by atoms with Gasteiger partial charge in [-0.3, -0.25) is 9.78 Å². The van der Waals surface area contributed by atoms with E-state index in [0.29, 0.717) is 21.9 Å². The monoisotopic (exact) mass is 397 g/mol. The van der Waals surface area contributed by atoms with Crippen molar-refractivity contribution in [1.82, 2.24) is 15.0 Å². The maximum absolute atomic E-state index is 12.1. The molecule has 0 radical (unpaired) electrons. The van der Waals surface area contributed by atoms with Crippen molar-refractivity contribution in [3.8, 4) is 11.5 Å². The largest absolute Gasteiger partial charge is 0.304 e. The fourth-order valence-corrected chi connectivity index (χ4v) is 3.33. The Kier molecular flexibility index (Phi) is 4.03. The van der Waals surface area contributed by atoms with Crippen molar-refractivity contribution in [1.29, 1.82) is 0 Å². The molecule has 0 aromatic carbocycles. The van der Waals surface area contributed by atoms with Crippen LogP contribution in [-0.2, 0) is 0 Å². The number of hydrogen-bond acceptors (Lipinski definition) is 3. The van der Waals surface area contributed by atoms with Crippen molar-refractivity contribution in [2.45, 2.75) is 31.6 Å². The van der Waals surface area contributed by atoms with E-state index in [9.17, 15) is 4.79 Å². The van der Waals surface area contributed by atoms with Crippen LogP contribution in [0.3, 0.4) is 0 Å². The quantitative estimate of drug-likeness (QED) is 0.831. The van der Waals surface area contributed by atoms with Gasteiger partial charge < -0.3 is 4.98 Å². The van der Waals surface area contributed by atoms with E-state index in [0.717, 1.165) is 23.0 Å². The molecule has 1 saturated carbocycles. The Balaban J connectivity index is 2.08. The molecule has 0 amide bonds. The van der Waals surface area contributed by atoms with Gasteiger partial charge in [0.05, 0.1) is 5.69 Å². The molecule has 20 heavy (non-hydrogen) atoms. The summed E-state index contributed by atoms with van der Waals surface area (Å²) in [6.45, 7) is 0. The predicted octanol–water partition coefficient (Wildman–Crippen LogP) is 4.01. The lowest BCUT2D eigenvalue weighted by molar-refractivity contribution is 0.688. The average Bonchev–Trinajstić information content (AvgIpc) is 2.96. The van der Waals surface area contributed by atoms with Crippen molar-refractivity contribution < 1.29 is 0 Å². The van der Waals surface area contributed by atoms with Gasteiger partial charge in [-0.25, -0.2) is 4.98 Å². The van der Waals surface area contributed by atoms with Crippen LogP contribution in [0.25, 0.3) is 11.5 Å². The van der Waals surface area contributed by atoms with Gasteiger partial charge in [-0.15, -0.1) is 0 Å². The van der Waals surface area contributed by atoms with Crippen LogP contribution >= 0.6 is 31.9 Å². The SMILES string of the molecule is O=c1[nH]c(-c2ccc(Br)cn2)nc(C2CCCC2)c1Br. The molecule has 0 atom stereocenters. The predicted molar refractivity (Wildman–Crippen MR) is 84.7 cm³/mol. The minimum atomic E-state index is -0.137. The molecule has 1 N–H and O–H groups in total. The summed E-state index contributed by atoms with van der Waals surface area (Å²) in [5, 5.41) is 0. The second-order valence-electron chi connectivity index (χ2n) is 4.96. The minimum Gasteiger partial charge on any atom is -0.304 e. The molecule has 6 heteroatoms. The van der Waals surface area contributed by atoms with Crippen molar-refractivity contribution >= 4 is 31.9 Å². The summed E-state index contributed by atoms with van der Waals surface area (Å²) in [5.74, 6) is 0.911. The Morgan fingerprint density at radius 1 is 1.20 bits per heavy atom. The first-order chi connectivity index (χ1) is 9.65. The average molecular weight is 399 g/mol. The zero-order valence-electron chi connectivity index (χ0n) is 10.7. The number of hydrogen-bond donors (Lipinski definition) is 1. The van der Waals surface area contributed by atoms with Crippen LogP contribution in [0.2, 0.25) is 0 Å². The zero-order valence-corrected chi connectivity index (χ0v) is 13.9. The molecular weight excluding hydrogens is 386 g/mol. The molecule has 2 aromatic rings. The highest BCUT2D eigenvalue weighted by Gasteiger charge is 2.23. The van der Waals surface area contributed by atoms with Crippen LogP contribution in [0.4, 0.5) is 0 Å². The van der Waals surface area contributed by atoms with E-state index in [2.05, 4.69) is 46.8 Å². The van der Waals surface area contributed by atoms with Gasteiger partial charge in [-0.05, 0) is 56.8 Å². The molecule has 4 nitrogen and oxygen atoms in total. The Bertz CT molecular complexity index is 676. The Labute approximate surface area is 133 Å². The molecule has 2 heterocycles. The summed E-state index contributed by atoms with van der Waals surface area (Å²) in [6.07, 6.45) is 6.31. The number of nitrogens with zero attached hydrogens (tertiary/aromatic N) is 2. The van der Waals surface area contributed by atoms with E-state index in [-0.39, 0.29) is 5.56 Å². The van der Waals surface area contributed by atoms with Crippen LogP contribution < -0.4 is 5.56 Å². The number of halogens is 2. The Morgan fingerprint density at radius 2 is 1.95 bits per heavy atom. The maximum Gasteiger partial charge on any atom is 0.265 e. The lowest BCUT2D eigenvalue weighted by Crippen LogP contribution is -2.15. The normalized spacial score (nSPS) is 15.7. The topological polar surface area (TPSA) is 58.6 Å². The first kappa shape index (κ1) is 13.9. The standard InChI is InChI=1S/C14H13Br2N3O/c15-9-5-6-10(17-7-9)13-18-12(8-3-1-2-4-8)11(16)14(20)19-13/h5-8H,1-4H2,(H,18,19,20). The highest BCUT2D eigenvalue weighted by molar-refractivity contribution is 9.10. The Hall–Kier alpha value is -1.01. The molecule has 0 bridgehead atoms. The smallest absolute Gasteiger partial charge is 0.265 e. The van der Waals surface area contributed by atoms with E-state index in [1.165, 1.54) is 12.8 Å². The van der Waals surface area contributed by atoms with Crippen molar-refractivity contribution in [3.05, 3.63) is 43.3 Å². The molecule has 104 valence electrons. The van der Waals surface area contributed by atoms with E-state index >= 15 is 0 Å². The molecular formula is C14H13Br2N3O. The molecule has 1 fully saturated rings. The molecule has 0 saturated heterocycles. The van der Waals surface area contributed by atoms with Gasteiger partial charge >= 0.3 is 0 Å². The summed E-state index contributed by atoms with van der Waals surface area (Å²) in [5.41, 5.74) is 1.41. The molecule has 1 aliphatic carbocycles. The van der Waals surface area contributed by atoms with E-state index in [1.54, 1.807) is 6.20 Å². The van der Waals surface area contributed by atoms with Crippen LogP contribution in [0.5, 0.6) is 0 Å². The number of H-pyrrole nitrogens is 1. The highest BCUT2D eigenvalue weighted by Crippen LogP contribution is 2.35. The highest BCUT2D eigenvalue weighted by atomic mass is 79.9. The maximum atomic E-state index is 12.1. The van der Waals surface area contributed by atoms with Gasteiger partial charge in [0.25, 0.3) is 5.56 Å². The third-order valence-corrected chi connectivity index (χ3v) is 4.84. The second kappa shape index (κ2) is 5.77. The number of nitrogens with one attached hydrogen (secondary N) is 1. The van der Waals surface area contributed by atoms with Crippen LogP contribution in [0.15, 0.2) is 32.1 Å². The van der Waals surface area contributed by atoms with Gasteiger partial charge in [0.2, 0.25) is 0 Å². The van der Waals surface area contributed by atoms with Crippen LogP contribution in [0, 0.1) is 0 Å². The summed E-state index contributed by atoms with van der Waals surface area (Å²) in [6, 6.07) is 3.73. The summed E-state index contributed by atoms with van der Waals surface area (Å²) >= 11 is 6.72. The number of aromatic amines is 1. The first-order valence-electron chi connectivity index (χ1n) is 6.57. The molecule has 2 aromatic heterocycles. The molecule has 1 aliphatic rings. The number of rotatable bonds is 2. The number of pyridine rings is 1. The Morgan fingerprint density at radius 3 is 2.60 bits per heavy atom. The summed E-state index contributed by atoms with van der Waals surface area (Å²) in [7, 11) is 0. The van der Waals surface area contributed by atoms with Crippen molar-refractivity contribution in [2.75, 3.05) is 0 Å². The molecule has 0 aliphatic heterocycles. The lowest BCUT2D eigenvalue weighted by Gasteiger charge is -2.11. The summed E-state index contributed by atoms with van der Waals surface area (Å²) < 4.78 is 1.46. The molecule has 0 unspecified atom stereocenters. The lowest BCUT2D eigenvalue weighted by atomic mass is 10.0. The van der Waals surface area contributed by atoms with Gasteiger partial charge in [0, 0.05) is 16.6 Å². The number of aromatic nitrogens is 3. The molecule has 0 spiro atoms.